The number of rotatable bonds is 7. The number of hydrogen-bond acceptors (Lipinski definition) is 9. The first-order valence-electron chi connectivity index (χ1n) is 8.88. The number of anilines is 2. The summed E-state index contributed by atoms with van der Waals surface area (Å²) in [7, 11) is 0. The molecule has 0 radical (unpaired) electrons. The van der Waals surface area contributed by atoms with E-state index in [0.29, 0.717) is 18.5 Å². The first-order chi connectivity index (χ1) is 13.5. The molecule has 11 heteroatoms. The lowest BCUT2D eigenvalue weighted by molar-refractivity contribution is -0.384. The second-order valence-corrected chi connectivity index (χ2v) is 6.41. The van der Waals surface area contributed by atoms with E-state index < -0.39 is 4.92 Å². The maximum absolute atomic E-state index is 10.9. The van der Waals surface area contributed by atoms with Gasteiger partial charge in [-0.3, -0.25) is 10.1 Å². The molecule has 1 saturated heterocycles. The molecule has 28 heavy (non-hydrogen) atoms. The second-order valence-electron chi connectivity index (χ2n) is 6.08. The summed E-state index contributed by atoms with van der Waals surface area (Å²) in [5.41, 5.74) is 0.809. The Labute approximate surface area is 167 Å². The van der Waals surface area contributed by atoms with Crippen LogP contribution in [-0.2, 0) is 9.47 Å². The zero-order chi connectivity index (χ0) is 20.1. The largest absolute Gasteiger partial charge is 0.353 e. The first kappa shape index (κ1) is 20.2. The zero-order valence-corrected chi connectivity index (χ0v) is 16.3. The van der Waals surface area contributed by atoms with E-state index in [9.17, 15) is 10.1 Å². The van der Waals surface area contributed by atoms with Gasteiger partial charge in [-0.2, -0.15) is 15.0 Å². The molecule has 10 nitrogen and oxygen atoms in total. The third kappa shape index (κ3) is 4.64. The van der Waals surface area contributed by atoms with Crippen LogP contribution in [0.2, 0.25) is 5.28 Å². The molecule has 1 aromatic heterocycles. The smallest absolute Gasteiger partial charge is 0.269 e. The molecule has 1 aliphatic rings. The van der Waals surface area contributed by atoms with E-state index >= 15 is 0 Å². The molecule has 150 valence electrons. The number of aromatic nitrogens is 3. The Morgan fingerprint density at radius 3 is 2.61 bits per heavy atom. The molecule has 2 aromatic rings. The maximum Gasteiger partial charge on any atom is 0.269 e. The number of nitro groups is 1. The van der Waals surface area contributed by atoms with Crippen LogP contribution in [0.1, 0.15) is 25.5 Å². The van der Waals surface area contributed by atoms with Crippen LogP contribution in [-0.4, -0.2) is 52.4 Å². The summed E-state index contributed by atoms with van der Waals surface area (Å²) in [5.74, 6) is 0.796. The van der Waals surface area contributed by atoms with Crippen LogP contribution in [0.5, 0.6) is 0 Å². The molecule has 1 aliphatic heterocycles. The van der Waals surface area contributed by atoms with Gasteiger partial charge >= 0.3 is 0 Å². The number of ether oxygens (including phenoxy) is 2. The normalized spacial score (nSPS) is 19.2. The molecule has 2 heterocycles. The van der Waals surface area contributed by atoms with E-state index in [-0.39, 0.29) is 29.9 Å². The van der Waals surface area contributed by atoms with Crippen molar-refractivity contribution >= 4 is 29.2 Å². The predicted molar refractivity (Wildman–Crippen MR) is 104 cm³/mol. The Balaban J connectivity index is 1.82. The van der Waals surface area contributed by atoms with Gasteiger partial charge in [-0.05, 0) is 43.1 Å². The van der Waals surface area contributed by atoms with Crippen molar-refractivity contribution in [2.75, 3.05) is 36.7 Å². The fraction of sp³-hybridized carbons (Fsp3) is 0.471. The monoisotopic (exact) mass is 408 g/mol. The van der Waals surface area contributed by atoms with Crippen LogP contribution in [0.3, 0.4) is 0 Å². The summed E-state index contributed by atoms with van der Waals surface area (Å²) >= 11 is 6.07. The van der Waals surface area contributed by atoms with Crippen molar-refractivity contribution in [2.45, 2.75) is 26.0 Å². The van der Waals surface area contributed by atoms with Crippen LogP contribution < -0.4 is 10.2 Å². The second kappa shape index (κ2) is 9.09. The standard InChI is InChI=1S/C17H21ClN6O4/c1-3-23(4-2)17-21-15(18)20-16(22-17)19-13-9-27-10-28-14(13)11-5-7-12(8-6-11)24(25)26/h5-8,13-14H,3-4,9-10H2,1-2H3,(H,19,20,21,22)/t13-,14-/m0/s1. The summed E-state index contributed by atoms with van der Waals surface area (Å²) in [4.78, 5) is 25.2. The van der Waals surface area contributed by atoms with Gasteiger partial charge in [0.15, 0.2) is 0 Å². The van der Waals surface area contributed by atoms with E-state index in [2.05, 4.69) is 20.3 Å². The van der Waals surface area contributed by atoms with Crippen LogP contribution in [0, 0.1) is 10.1 Å². The minimum Gasteiger partial charge on any atom is -0.353 e. The molecule has 0 bridgehead atoms. The van der Waals surface area contributed by atoms with Gasteiger partial charge in [-0.15, -0.1) is 0 Å². The molecule has 2 atom stereocenters. The van der Waals surface area contributed by atoms with Crippen molar-refractivity contribution in [3.05, 3.63) is 45.2 Å². The quantitative estimate of drug-likeness (QED) is 0.545. The van der Waals surface area contributed by atoms with Crippen LogP contribution >= 0.6 is 11.6 Å². The minimum atomic E-state index is -0.439. The Hall–Kier alpha value is -2.56. The number of halogens is 1. The number of nitrogens with one attached hydrogen (secondary N) is 1. The van der Waals surface area contributed by atoms with Gasteiger partial charge in [-0.25, -0.2) is 0 Å². The van der Waals surface area contributed by atoms with Gasteiger partial charge in [0, 0.05) is 25.2 Å². The van der Waals surface area contributed by atoms with Crippen molar-refractivity contribution in [3.8, 4) is 0 Å². The maximum atomic E-state index is 10.9. The lowest BCUT2D eigenvalue weighted by Gasteiger charge is -2.32. The van der Waals surface area contributed by atoms with Crippen LogP contribution in [0.4, 0.5) is 17.6 Å². The van der Waals surface area contributed by atoms with E-state index in [1.165, 1.54) is 12.1 Å². The molecular formula is C17H21ClN6O4. The van der Waals surface area contributed by atoms with Crippen molar-refractivity contribution in [1.29, 1.82) is 0 Å². The van der Waals surface area contributed by atoms with Crippen LogP contribution in [0.15, 0.2) is 24.3 Å². The third-order valence-electron chi connectivity index (χ3n) is 4.38. The van der Waals surface area contributed by atoms with Crippen molar-refractivity contribution < 1.29 is 14.4 Å². The fourth-order valence-corrected chi connectivity index (χ4v) is 3.11. The minimum absolute atomic E-state index is 0.0217. The van der Waals surface area contributed by atoms with Crippen molar-refractivity contribution in [3.63, 3.8) is 0 Å². The van der Waals surface area contributed by atoms with Crippen LogP contribution in [0.25, 0.3) is 0 Å². The van der Waals surface area contributed by atoms with E-state index in [0.717, 1.165) is 18.7 Å². The van der Waals surface area contributed by atoms with E-state index in [1.54, 1.807) is 12.1 Å². The van der Waals surface area contributed by atoms with Gasteiger partial charge in [0.1, 0.15) is 12.9 Å². The Morgan fingerprint density at radius 1 is 1.25 bits per heavy atom. The predicted octanol–water partition coefficient (Wildman–Crippen LogP) is 2.81. The highest BCUT2D eigenvalue weighted by atomic mass is 35.5. The average Bonchev–Trinajstić information content (AvgIpc) is 2.69. The first-order valence-corrected chi connectivity index (χ1v) is 9.26. The topological polar surface area (TPSA) is 116 Å². The lowest BCUT2D eigenvalue weighted by Crippen LogP contribution is -2.39. The number of nitro benzene ring substituents is 1. The number of non-ortho nitro benzene ring substituents is 1. The Bertz CT molecular complexity index is 818. The SMILES string of the molecule is CCN(CC)c1nc(Cl)nc(N[C@H]2COCO[C@H]2c2ccc([N+](=O)[O-])cc2)n1. The molecule has 1 fully saturated rings. The summed E-state index contributed by atoms with van der Waals surface area (Å²) in [6.45, 7) is 5.95. The zero-order valence-electron chi connectivity index (χ0n) is 15.5. The summed E-state index contributed by atoms with van der Waals surface area (Å²) < 4.78 is 11.1. The van der Waals surface area contributed by atoms with E-state index in [4.69, 9.17) is 21.1 Å². The fourth-order valence-electron chi connectivity index (χ4n) is 2.95. The van der Waals surface area contributed by atoms with Gasteiger partial charge in [0.2, 0.25) is 17.2 Å². The highest BCUT2D eigenvalue weighted by molar-refractivity contribution is 6.28. The molecule has 0 saturated carbocycles. The summed E-state index contributed by atoms with van der Waals surface area (Å²) in [6.07, 6.45) is -0.387. The number of benzene rings is 1. The molecule has 3 rings (SSSR count). The average molecular weight is 409 g/mol. The summed E-state index contributed by atoms with van der Waals surface area (Å²) in [5, 5.41) is 14.1. The number of nitrogens with zero attached hydrogens (tertiary/aromatic N) is 5. The van der Waals surface area contributed by atoms with Crippen molar-refractivity contribution in [1.82, 2.24) is 15.0 Å². The van der Waals surface area contributed by atoms with Gasteiger partial charge in [0.05, 0.1) is 17.6 Å². The number of hydrogen-bond donors (Lipinski definition) is 1. The van der Waals surface area contributed by atoms with Gasteiger partial charge in [0.25, 0.3) is 5.69 Å². The molecular weight excluding hydrogens is 388 g/mol. The highest BCUT2D eigenvalue weighted by Crippen LogP contribution is 2.28. The molecule has 0 spiro atoms. The molecule has 1 aromatic carbocycles. The molecule has 0 aliphatic carbocycles. The Kier molecular flexibility index (Phi) is 6.55. The van der Waals surface area contributed by atoms with Gasteiger partial charge < -0.3 is 19.7 Å². The Morgan fingerprint density at radius 2 is 1.96 bits per heavy atom. The van der Waals surface area contributed by atoms with E-state index in [1.807, 2.05) is 18.7 Å². The molecule has 1 N–H and O–H groups in total. The third-order valence-corrected chi connectivity index (χ3v) is 4.55. The summed E-state index contributed by atoms with van der Waals surface area (Å²) in [6, 6.07) is 5.93. The highest BCUT2D eigenvalue weighted by Gasteiger charge is 2.29. The molecule has 0 amide bonds. The van der Waals surface area contributed by atoms with Gasteiger partial charge in [-0.1, -0.05) is 0 Å². The molecule has 0 unspecified atom stereocenters. The van der Waals surface area contributed by atoms with Crippen molar-refractivity contribution in [2.24, 2.45) is 0 Å². The lowest BCUT2D eigenvalue weighted by atomic mass is 10.0.